The second-order valence-corrected chi connectivity index (χ2v) is 5.75. The molecule has 0 bridgehead atoms. The van der Waals surface area contributed by atoms with Crippen molar-refractivity contribution in [1.82, 2.24) is 4.57 Å². The lowest BCUT2D eigenvalue weighted by atomic mass is 9.87. The number of nitrogens with zero attached hydrogens (tertiary/aromatic N) is 1. The van der Waals surface area contributed by atoms with Gasteiger partial charge in [0.15, 0.2) is 0 Å². The fourth-order valence-corrected chi connectivity index (χ4v) is 3.34. The summed E-state index contributed by atoms with van der Waals surface area (Å²) in [4.78, 5) is 11.2. The summed E-state index contributed by atoms with van der Waals surface area (Å²) in [5.41, 5.74) is 9.91. The van der Waals surface area contributed by atoms with Crippen molar-refractivity contribution < 1.29 is 9.90 Å². The van der Waals surface area contributed by atoms with E-state index in [1.54, 1.807) is 6.07 Å². The normalized spacial score (nSPS) is 18.2. The van der Waals surface area contributed by atoms with Gasteiger partial charge in [0.1, 0.15) is 0 Å². The van der Waals surface area contributed by atoms with Gasteiger partial charge in [-0.1, -0.05) is 6.92 Å². The number of aromatic nitrogens is 1. The average molecular weight is 272 g/mol. The molecular weight excluding hydrogens is 252 g/mol. The van der Waals surface area contributed by atoms with Gasteiger partial charge in [-0.2, -0.15) is 0 Å². The summed E-state index contributed by atoms with van der Waals surface area (Å²) in [5.74, 6) is -0.205. The van der Waals surface area contributed by atoms with Gasteiger partial charge >= 0.3 is 5.97 Å². The van der Waals surface area contributed by atoms with Crippen molar-refractivity contribution in [2.75, 3.05) is 6.54 Å². The Morgan fingerprint density at radius 1 is 1.50 bits per heavy atom. The molecule has 0 fully saturated rings. The van der Waals surface area contributed by atoms with Gasteiger partial charge in [-0.05, 0) is 48.9 Å². The van der Waals surface area contributed by atoms with Crippen molar-refractivity contribution in [3.05, 3.63) is 35.0 Å². The number of rotatable bonds is 3. The molecule has 0 saturated heterocycles. The second kappa shape index (κ2) is 4.94. The molecular formula is C16H20N2O2. The number of nitrogens with two attached hydrogens (primary N) is 1. The first-order chi connectivity index (χ1) is 9.61. The molecule has 0 amide bonds. The fourth-order valence-electron chi connectivity index (χ4n) is 3.34. The molecule has 3 N–H and O–H groups in total. The molecule has 1 heterocycles. The van der Waals surface area contributed by atoms with E-state index >= 15 is 0 Å². The molecule has 1 aromatic carbocycles. The van der Waals surface area contributed by atoms with Crippen LogP contribution in [0.4, 0.5) is 0 Å². The number of carbonyl (C=O) groups is 1. The molecule has 106 valence electrons. The number of carboxylic acid groups (broad SMARTS) is 1. The number of benzene rings is 1. The van der Waals surface area contributed by atoms with E-state index < -0.39 is 5.97 Å². The molecule has 1 unspecified atom stereocenters. The molecule has 2 aromatic rings. The molecule has 1 aromatic heterocycles. The highest BCUT2D eigenvalue weighted by molar-refractivity contribution is 5.95. The zero-order valence-corrected chi connectivity index (χ0v) is 11.7. The Morgan fingerprint density at radius 3 is 3.00 bits per heavy atom. The minimum Gasteiger partial charge on any atom is -0.478 e. The van der Waals surface area contributed by atoms with Crippen LogP contribution in [0.5, 0.6) is 0 Å². The molecule has 1 aliphatic carbocycles. The zero-order chi connectivity index (χ0) is 14.3. The maximum absolute atomic E-state index is 11.2. The molecule has 4 heteroatoms. The maximum Gasteiger partial charge on any atom is 0.335 e. The smallest absolute Gasteiger partial charge is 0.335 e. The van der Waals surface area contributed by atoms with Crippen molar-refractivity contribution in [2.45, 2.75) is 32.7 Å². The largest absolute Gasteiger partial charge is 0.478 e. The van der Waals surface area contributed by atoms with Gasteiger partial charge in [0.2, 0.25) is 0 Å². The fraction of sp³-hybridized carbons (Fsp3) is 0.438. The van der Waals surface area contributed by atoms with E-state index in [4.69, 9.17) is 5.73 Å². The summed E-state index contributed by atoms with van der Waals surface area (Å²) in [7, 11) is 0. The Balaban J connectivity index is 2.25. The number of hydrogen-bond acceptors (Lipinski definition) is 2. The van der Waals surface area contributed by atoms with E-state index in [2.05, 4.69) is 11.5 Å². The number of carboxylic acids is 1. The monoisotopic (exact) mass is 272 g/mol. The number of fused-ring (bicyclic) bond motifs is 3. The predicted molar refractivity (Wildman–Crippen MR) is 79.1 cm³/mol. The molecule has 1 atom stereocenters. The molecule has 3 rings (SSSR count). The van der Waals surface area contributed by atoms with E-state index in [0.29, 0.717) is 18.0 Å². The minimum atomic E-state index is -0.865. The number of aromatic carboxylic acids is 1. The summed E-state index contributed by atoms with van der Waals surface area (Å²) in [6, 6.07) is 5.44. The van der Waals surface area contributed by atoms with Crippen LogP contribution in [0.1, 0.15) is 35.0 Å². The van der Waals surface area contributed by atoms with Crippen LogP contribution in [-0.2, 0) is 19.4 Å². The summed E-state index contributed by atoms with van der Waals surface area (Å²) in [6.45, 7) is 3.66. The molecule has 4 nitrogen and oxygen atoms in total. The summed E-state index contributed by atoms with van der Waals surface area (Å²) in [6.07, 6.45) is 3.29. The van der Waals surface area contributed by atoms with Crippen molar-refractivity contribution in [1.29, 1.82) is 0 Å². The second-order valence-electron chi connectivity index (χ2n) is 5.75. The third-order valence-electron chi connectivity index (χ3n) is 4.31. The third kappa shape index (κ3) is 2.00. The number of hydrogen-bond donors (Lipinski definition) is 2. The minimum absolute atomic E-state index is 0.364. The maximum atomic E-state index is 11.2. The van der Waals surface area contributed by atoms with E-state index in [0.717, 1.165) is 30.3 Å². The van der Waals surface area contributed by atoms with E-state index in [1.807, 2.05) is 12.1 Å². The van der Waals surface area contributed by atoms with Gasteiger partial charge in [0.25, 0.3) is 0 Å². The van der Waals surface area contributed by atoms with E-state index in [9.17, 15) is 9.90 Å². The molecule has 20 heavy (non-hydrogen) atoms. The van der Waals surface area contributed by atoms with Crippen LogP contribution in [0.25, 0.3) is 10.9 Å². The highest BCUT2D eigenvalue weighted by Gasteiger charge is 2.23. The molecule has 0 aliphatic heterocycles. The van der Waals surface area contributed by atoms with Gasteiger partial charge in [-0.15, -0.1) is 0 Å². The van der Waals surface area contributed by atoms with E-state index in [1.165, 1.54) is 17.7 Å². The Hall–Kier alpha value is -1.81. The topological polar surface area (TPSA) is 68.2 Å². The Bertz CT molecular complexity index is 673. The first-order valence-corrected chi connectivity index (χ1v) is 7.19. The third-order valence-corrected chi connectivity index (χ3v) is 4.31. The quantitative estimate of drug-likeness (QED) is 0.901. The van der Waals surface area contributed by atoms with Gasteiger partial charge in [-0.25, -0.2) is 4.79 Å². The van der Waals surface area contributed by atoms with Gasteiger partial charge < -0.3 is 15.4 Å². The van der Waals surface area contributed by atoms with Crippen LogP contribution in [0, 0.1) is 5.92 Å². The standard InChI is InChI=1S/C16H20N2O2/c1-10-2-4-14-12(8-10)13-9-11(16(19)20)3-5-15(13)18(14)7-6-17/h3,5,9-10H,2,4,6-8,17H2,1H3,(H,19,20). The van der Waals surface area contributed by atoms with Crippen molar-refractivity contribution in [2.24, 2.45) is 11.7 Å². The predicted octanol–water partition coefficient (Wildman–Crippen LogP) is 2.42. The molecule has 0 radical (unpaired) electrons. The van der Waals surface area contributed by atoms with Crippen LogP contribution in [-0.4, -0.2) is 22.2 Å². The van der Waals surface area contributed by atoms with Crippen molar-refractivity contribution >= 4 is 16.9 Å². The van der Waals surface area contributed by atoms with Gasteiger partial charge in [0.05, 0.1) is 5.56 Å². The van der Waals surface area contributed by atoms with Crippen molar-refractivity contribution in [3.63, 3.8) is 0 Å². The van der Waals surface area contributed by atoms with Crippen LogP contribution < -0.4 is 5.73 Å². The lowest BCUT2D eigenvalue weighted by Gasteiger charge is -2.20. The summed E-state index contributed by atoms with van der Waals surface area (Å²) in [5, 5.41) is 10.3. The molecule has 0 saturated carbocycles. The SMILES string of the molecule is CC1CCc2c(c3cc(C(=O)O)ccc3n2CCN)C1. The lowest BCUT2D eigenvalue weighted by molar-refractivity contribution is 0.0697. The summed E-state index contributed by atoms with van der Waals surface area (Å²) < 4.78 is 2.28. The van der Waals surface area contributed by atoms with Crippen LogP contribution in [0.2, 0.25) is 0 Å². The Labute approximate surface area is 118 Å². The zero-order valence-electron chi connectivity index (χ0n) is 11.7. The first-order valence-electron chi connectivity index (χ1n) is 7.19. The summed E-state index contributed by atoms with van der Waals surface area (Å²) >= 11 is 0. The average Bonchev–Trinajstić information content (AvgIpc) is 2.73. The Morgan fingerprint density at radius 2 is 2.30 bits per heavy atom. The molecule has 1 aliphatic rings. The van der Waals surface area contributed by atoms with Gasteiger partial charge in [0, 0.05) is 29.7 Å². The molecule has 0 spiro atoms. The van der Waals surface area contributed by atoms with Crippen LogP contribution in [0.3, 0.4) is 0 Å². The highest BCUT2D eigenvalue weighted by Crippen LogP contribution is 2.34. The van der Waals surface area contributed by atoms with Crippen molar-refractivity contribution in [3.8, 4) is 0 Å². The first kappa shape index (κ1) is 13.2. The van der Waals surface area contributed by atoms with Crippen LogP contribution in [0.15, 0.2) is 18.2 Å². The highest BCUT2D eigenvalue weighted by atomic mass is 16.4. The Kier molecular flexibility index (Phi) is 3.26. The van der Waals surface area contributed by atoms with E-state index in [-0.39, 0.29) is 0 Å². The van der Waals surface area contributed by atoms with Crippen LogP contribution >= 0.6 is 0 Å². The van der Waals surface area contributed by atoms with Gasteiger partial charge in [-0.3, -0.25) is 0 Å². The lowest BCUT2D eigenvalue weighted by Crippen LogP contribution is -2.17.